The standard InChI is InChI=1S/C16H29N3OSi/c1-16(2,3)21(4,5)20-14-8-10-19(11-9-14)15-7-6-13(17)12-18-15/h6-7,12,14H,8-11,17H2,1-5H3. The Morgan fingerprint density at radius 2 is 1.86 bits per heavy atom. The molecular formula is C16H29N3OSi. The molecule has 0 amide bonds. The van der Waals surface area contributed by atoms with Crippen molar-refractivity contribution in [2.45, 2.75) is 57.8 Å². The van der Waals surface area contributed by atoms with Gasteiger partial charge in [0.1, 0.15) is 5.82 Å². The molecule has 21 heavy (non-hydrogen) atoms. The van der Waals surface area contributed by atoms with E-state index in [4.69, 9.17) is 10.2 Å². The lowest BCUT2D eigenvalue weighted by Crippen LogP contribution is -2.47. The van der Waals surface area contributed by atoms with Crippen LogP contribution in [0.25, 0.3) is 0 Å². The van der Waals surface area contributed by atoms with Crippen molar-refractivity contribution in [3.63, 3.8) is 0 Å². The molecule has 1 fully saturated rings. The first-order valence-electron chi connectivity index (χ1n) is 7.83. The molecule has 0 aromatic carbocycles. The molecule has 0 unspecified atom stereocenters. The van der Waals surface area contributed by atoms with Gasteiger partial charge in [-0.1, -0.05) is 20.8 Å². The average Bonchev–Trinajstić information content (AvgIpc) is 2.39. The highest BCUT2D eigenvalue weighted by atomic mass is 28.4. The number of piperidine rings is 1. The van der Waals surface area contributed by atoms with Crippen LogP contribution in [0, 0.1) is 0 Å². The monoisotopic (exact) mass is 307 g/mol. The van der Waals surface area contributed by atoms with E-state index < -0.39 is 8.32 Å². The number of hydrogen-bond acceptors (Lipinski definition) is 4. The van der Waals surface area contributed by atoms with E-state index in [9.17, 15) is 0 Å². The summed E-state index contributed by atoms with van der Waals surface area (Å²) in [7, 11) is -1.65. The van der Waals surface area contributed by atoms with Crippen LogP contribution in [-0.4, -0.2) is 32.5 Å². The van der Waals surface area contributed by atoms with Crippen molar-refractivity contribution in [1.82, 2.24) is 4.98 Å². The molecule has 1 aliphatic rings. The number of aromatic nitrogens is 1. The Bertz CT molecular complexity index is 459. The van der Waals surface area contributed by atoms with Gasteiger partial charge >= 0.3 is 0 Å². The van der Waals surface area contributed by atoms with Gasteiger partial charge in [-0.2, -0.15) is 0 Å². The van der Waals surface area contributed by atoms with Crippen LogP contribution in [0.3, 0.4) is 0 Å². The third-order valence-electron chi connectivity index (χ3n) is 4.80. The maximum atomic E-state index is 6.52. The van der Waals surface area contributed by atoms with Crippen LogP contribution in [0.2, 0.25) is 18.1 Å². The smallest absolute Gasteiger partial charge is 0.192 e. The fraction of sp³-hybridized carbons (Fsp3) is 0.688. The minimum absolute atomic E-state index is 0.280. The third kappa shape index (κ3) is 3.98. The van der Waals surface area contributed by atoms with Crippen LogP contribution in [0.1, 0.15) is 33.6 Å². The lowest BCUT2D eigenvalue weighted by atomic mass is 10.1. The Morgan fingerprint density at radius 3 is 2.33 bits per heavy atom. The van der Waals surface area contributed by atoms with Crippen molar-refractivity contribution in [3.05, 3.63) is 18.3 Å². The van der Waals surface area contributed by atoms with Crippen molar-refractivity contribution < 1.29 is 4.43 Å². The molecule has 4 nitrogen and oxygen atoms in total. The summed E-state index contributed by atoms with van der Waals surface area (Å²) in [5.74, 6) is 1.02. The minimum atomic E-state index is -1.65. The van der Waals surface area contributed by atoms with Crippen LogP contribution in [0.15, 0.2) is 18.3 Å². The molecule has 1 aromatic rings. The van der Waals surface area contributed by atoms with Crippen molar-refractivity contribution in [1.29, 1.82) is 0 Å². The summed E-state index contributed by atoms with van der Waals surface area (Å²) in [5, 5.41) is 0.280. The van der Waals surface area contributed by atoms with E-state index in [1.165, 1.54) is 0 Å². The number of nitrogens with zero attached hydrogens (tertiary/aromatic N) is 2. The lowest BCUT2D eigenvalue weighted by molar-refractivity contribution is 0.152. The zero-order chi connectivity index (χ0) is 15.7. The van der Waals surface area contributed by atoms with Crippen molar-refractivity contribution >= 4 is 19.8 Å². The van der Waals surface area contributed by atoms with Crippen LogP contribution in [0.4, 0.5) is 11.5 Å². The van der Waals surface area contributed by atoms with Crippen molar-refractivity contribution in [2.75, 3.05) is 23.7 Å². The topological polar surface area (TPSA) is 51.4 Å². The van der Waals surface area contributed by atoms with Crippen LogP contribution in [0.5, 0.6) is 0 Å². The van der Waals surface area contributed by atoms with E-state index in [0.29, 0.717) is 6.10 Å². The molecule has 2 rings (SSSR count). The largest absolute Gasteiger partial charge is 0.414 e. The van der Waals surface area contributed by atoms with Gasteiger partial charge in [0.2, 0.25) is 0 Å². The van der Waals surface area contributed by atoms with E-state index in [0.717, 1.165) is 37.4 Å². The van der Waals surface area contributed by atoms with E-state index >= 15 is 0 Å². The van der Waals surface area contributed by atoms with Gasteiger partial charge in [0.05, 0.1) is 11.9 Å². The molecule has 0 radical (unpaired) electrons. The Morgan fingerprint density at radius 1 is 1.24 bits per heavy atom. The molecule has 0 atom stereocenters. The van der Waals surface area contributed by atoms with Crippen LogP contribution < -0.4 is 10.6 Å². The summed E-state index contributed by atoms with van der Waals surface area (Å²) in [6, 6.07) is 3.92. The van der Waals surface area contributed by atoms with Crippen molar-refractivity contribution in [2.24, 2.45) is 0 Å². The predicted molar refractivity (Wildman–Crippen MR) is 92.2 cm³/mol. The second-order valence-corrected chi connectivity index (χ2v) is 12.3. The summed E-state index contributed by atoms with van der Waals surface area (Å²) in [6.45, 7) is 13.6. The number of rotatable bonds is 3. The van der Waals surface area contributed by atoms with Gasteiger partial charge in [0, 0.05) is 19.2 Å². The van der Waals surface area contributed by atoms with Gasteiger partial charge in [0.25, 0.3) is 0 Å². The number of anilines is 2. The third-order valence-corrected chi connectivity index (χ3v) is 9.34. The zero-order valence-corrected chi connectivity index (χ0v) is 15.0. The predicted octanol–water partition coefficient (Wildman–Crippen LogP) is 3.65. The molecule has 118 valence electrons. The summed E-state index contributed by atoms with van der Waals surface area (Å²) >= 11 is 0. The minimum Gasteiger partial charge on any atom is -0.414 e. The van der Waals surface area contributed by atoms with Gasteiger partial charge in [-0.3, -0.25) is 0 Å². The highest BCUT2D eigenvalue weighted by molar-refractivity contribution is 6.74. The highest BCUT2D eigenvalue weighted by Crippen LogP contribution is 2.38. The zero-order valence-electron chi connectivity index (χ0n) is 14.0. The van der Waals surface area contributed by atoms with E-state index in [-0.39, 0.29) is 5.04 Å². The first-order chi connectivity index (χ1) is 9.69. The summed E-state index contributed by atoms with van der Waals surface area (Å²) in [6.07, 6.45) is 4.29. The molecule has 1 aromatic heterocycles. The molecule has 5 heteroatoms. The normalized spacial score (nSPS) is 18.0. The van der Waals surface area contributed by atoms with Gasteiger partial charge < -0.3 is 15.1 Å². The Balaban J connectivity index is 1.90. The Hall–Kier alpha value is -1.07. The molecule has 2 N–H and O–H groups in total. The first kappa shape index (κ1) is 16.3. The van der Waals surface area contributed by atoms with Gasteiger partial charge in [-0.25, -0.2) is 4.98 Å². The molecular weight excluding hydrogens is 278 g/mol. The number of hydrogen-bond donors (Lipinski definition) is 1. The second kappa shape index (κ2) is 5.97. The van der Waals surface area contributed by atoms with Gasteiger partial charge in [-0.05, 0) is 43.1 Å². The SMILES string of the molecule is CC(C)(C)[Si](C)(C)OC1CCN(c2ccc(N)cn2)CC1. The Labute approximate surface area is 129 Å². The average molecular weight is 308 g/mol. The van der Waals surface area contributed by atoms with Crippen LogP contribution >= 0.6 is 0 Å². The first-order valence-corrected chi connectivity index (χ1v) is 10.7. The lowest BCUT2D eigenvalue weighted by Gasteiger charge is -2.42. The van der Waals surface area contributed by atoms with Crippen LogP contribution in [-0.2, 0) is 4.43 Å². The number of pyridine rings is 1. The maximum absolute atomic E-state index is 6.52. The summed E-state index contributed by atoms with van der Waals surface area (Å²) in [5.41, 5.74) is 6.41. The molecule has 1 saturated heterocycles. The second-order valence-electron chi connectivity index (χ2n) is 7.51. The number of nitrogens with two attached hydrogens (primary N) is 1. The van der Waals surface area contributed by atoms with E-state index in [1.54, 1.807) is 6.20 Å². The van der Waals surface area contributed by atoms with Gasteiger partial charge in [0.15, 0.2) is 8.32 Å². The Kier molecular flexibility index (Phi) is 4.63. The highest BCUT2D eigenvalue weighted by Gasteiger charge is 2.39. The molecule has 0 bridgehead atoms. The van der Waals surface area contributed by atoms with E-state index in [1.807, 2.05) is 12.1 Å². The molecule has 0 aliphatic carbocycles. The van der Waals surface area contributed by atoms with Gasteiger partial charge in [-0.15, -0.1) is 0 Å². The fourth-order valence-corrected chi connectivity index (χ4v) is 3.80. The molecule has 2 heterocycles. The number of nitrogen functional groups attached to an aromatic ring is 1. The van der Waals surface area contributed by atoms with Crippen molar-refractivity contribution in [3.8, 4) is 0 Å². The summed E-state index contributed by atoms with van der Waals surface area (Å²) < 4.78 is 6.52. The summed E-state index contributed by atoms with van der Waals surface area (Å²) in [4.78, 5) is 6.73. The quantitative estimate of drug-likeness (QED) is 0.866. The van der Waals surface area contributed by atoms with E-state index in [2.05, 4.69) is 43.7 Å². The molecule has 1 aliphatic heterocycles. The maximum Gasteiger partial charge on any atom is 0.192 e. The molecule has 0 spiro atoms. The molecule has 0 saturated carbocycles. The fourth-order valence-electron chi connectivity index (χ4n) is 2.38.